The van der Waals surface area contributed by atoms with Crippen LogP contribution in [-0.4, -0.2) is 11.1 Å². The summed E-state index contributed by atoms with van der Waals surface area (Å²) >= 11 is 0. The highest BCUT2D eigenvalue weighted by Crippen LogP contribution is 2.23. The molecule has 22 heavy (non-hydrogen) atoms. The first-order chi connectivity index (χ1) is 10.5. The molecular formula is C18H20N2O2. The number of pyridine rings is 1. The molecular weight excluding hydrogens is 276 g/mol. The number of nitrogens with one attached hydrogen (secondary N) is 1. The molecule has 0 aliphatic carbocycles. The minimum Gasteiger partial charge on any atom is -0.374 e. The first-order valence-electron chi connectivity index (χ1n) is 7.40. The monoisotopic (exact) mass is 296 g/mol. The Morgan fingerprint density at radius 3 is 2.82 bits per heavy atom. The molecule has 1 heterocycles. The Bertz CT molecular complexity index is 756. The number of rotatable bonds is 5. The fourth-order valence-electron chi connectivity index (χ4n) is 2.21. The molecule has 4 heteroatoms. The summed E-state index contributed by atoms with van der Waals surface area (Å²) in [6, 6.07) is 11.6. The third kappa shape index (κ3) is 3.63. The second-order valence-corrected chi connectivity index (χ2v) is 5.41. The van der Waals surface area contributed by atoms with Crippen molar-refractivity contribution in [2.75, 3.05) is 0 Å². The standard InChI is InChI=1S/C18H20N2O2/c1-4-13(3)22-11-14-6-5-7-15(9-14)16-8-12(2)20-18(21)17(16)10-19/h5-9,13H,4,11H2,1-3H3,(H,20,21). The topological polar surface area (TPSA) is 65.9 Å². The van der Waals surface area contributed by atoms with Crippen molar-refractivity contribution in [3.8, 4) is 17.2 Å². The van der Waals surface area contributed by atoms with Gasteiger partial charge < -0.3 is 9.72 Å². The van der Waals surface area contributed by atoms with E-state index in [2.05, 4.69) is 11.9 Å². The Hall–Kier alpha value is -2.38. The summed E-state index contributed by atoms with van der Waals surface area (Å²) < 4.78 is 5.74. The van der Waals surface area contributed by atoms with Crippen LogP contribution >= 0.6 is 0 Å². The first kappa shape index (κ1) is 16.0. The van der Waals surface area contributed by atoms with Crippen molar-refractivity contribution in [1.29, 1.82) is 5.26 Å². The molecule has 1 aromatic heterocycles. The van der Waals surface area contributed by atoms with Crippen LogP contribution in [0.5, 0.6) is 0 Å². The summed E-state index contributed by atoms with van der Waals surface area (Å²) in [6.07, 6.45) is 1.17. The first-order valence-corrected chi connectivity index (χ1v) is 7.40. The number of nitriles is 1. The zero-order valence-corrected chi connectivity index (χ0v) is 13.1. The highest BCUT2D eigenvalue weighted by molar-refractivity contribution is 5.70. The lowest BCUT2D eigenvalue weighted by molar-refractivity contribution is 0.0509. The van der Waals surface area contributed by atoms with E-state index in [9.17, 15) is 10.1 Å². The van der Waals surface area contributed by atoms with Gasteiger partial charge in [-0.05, 0) is 43.5 Å². The smallest absolute Gasteiger partial charge is 0.266 e. The van der Waals surface area contributed by atoms with E-state index >= 15 is 0 Å². The molecule has 1 unspecified atom stereocenters. The molecule has 0 radical (unpaired) electrons. The van der Waals surface area contributed by atoms with E-state index in [-0.39, 0.29) is 17.2 Å². The average molecular weight is 296 g/mol. The van der Waals surface area contributed by atoms with Gasteiger partial charge in [0.25, 0.3) is 5.56 Å². The molecule has 0 bridgehead atoms. The lowest BCUT2D eigenvalue weighted by Crippen LogP contribution is -2.12. The molecule has 0 amide bonds. The fourth-order valence-corrected chi connectivity index (χ4v) is 2.21. The van der Waals surface area contributed by atoms with Gasteiger partial charge >= 0.3 is 0 Å². The van der Waals surface area contributed by atoms with E-state index in [1.54, 1.807) is 0 Å². The zero-order valence-electron chi connectivity index (χ0n) is 13.1. The highest BCUT2D eigenvalue weighted by atomic mass is 16.5. The van der Waals surface area contributed by atoms with Crippen LogP contribution in [0.3, 0.4) is 0 Å². The van der Waals surface area contributed by atoms with Crippen molar-refractivity contribution < 1.29 is 4.74 Å². The molecule has 2 aromatic rings. The Balaban J connectivity index is 2.38. The molecule has 4 nitrogen and oxygen atoms in total. The Labute approximate surface area is 130 Å². The number of hydrogen-bond donors (Lipinski definition) is 1. The van der Waals surface area contributed by atoms with E-state index in [1.807, 2.05) is 50.2 Å². The van der Waals surface area contributed by atoms with Gasteiger partial charge in [0.05, 0.1) is 12.7 Å². The molecule has 114 valence electrons. The number of aromatic nitrogens is 1. The lowest BCUT2D eigenvalue weighted by Gasteiger charge is -2.12. The summed E-state index contributed by atoms with van der Waals surface area (Å²) in [5.74, 6) is 0. The number of nitrogens with zero attached hydrogens (tertiary/aromatic N) is 1. The number of aryl methyl sites for hydroxylation is 1. The van der Waals surface area contributed by atoms with Gasteiger partial charge in [0.15, 0.2) is 0 Å². The molecule has 1 aromatic carbocycles. The quantitative estimate of drug-likeness (QED) is 0.917. The van der Waals surface area contributed by atoms with E-state index in [0.29, 0.717) is 12.2 Å². The lowest BCUT2D eigenvalue weighted by atomic mass is 9.99. The predicted molar refractivity (Wildman–Crippen MR) is 86.5 cm³/mol. The number of H-pyrrole nitrogens is 1. The van der Waals surface area contributed by atoms with Crippen molar-refractivity contribution in [2.24, 2.45) is 0 Å². The van der Waals surface area contributed by atoms with Gasteiger partial charge in [-0.25, -0.2) is 0 Å². The van der Waals surface area contributed by atoms with Gasteiger partial charge in [-0.15, -0.1) is 0 Å². The van der Waals surface area contributed by atoms with Gasteiger partial charge in [-0.1, -0.05) is 25.1 Å². The number of ether oxygens (including phenoxy) is 1. The minimum absolute atomic E-state index is 0.144. The molecule has 1 N–H and O–H groups in total. The maximum absolute atomic E-state index is 11.9. The average Bonchev–Trinajstić information content (AvgIpc) is 2.52. The number of aromatic amines is 1. The van der Waals surface area contributed by atoms with Crippen molar-refractivity contribution in [2.45, 2.75) is 39.9 Å². The number of benzene rings is 1. The van der Waals surface area contributed by atoms with E-state index < -0.39 is 0 Å². The van der Waals surface area contributed by atoms with Crippen LogP contribution in [0.15, 0.2) is 35.1 Å². The van der Waals surface area contributed by atoms with Crippen LogP contribution in [0.4, 0.5) is 0 Å². The van der Waals surface area contributed by atoms with Crippen molar-refractivity contribution in [1.82, 2.24) is 4.98 Å². The van der Waals surface area contributed by atoms with Crippen molar-refractivity contribution in [3.63, 3.8) is 0 Å². The fraction of sp³-hybridized carbons (Fsp3) is 0.333. The van der Waals surface area contributed by atoms with Crippen molar-refractivity contribution >= 4 is 0 Å². The molecule has 1 atom stereocenters. The summed E-state index contributed by atoms with van der Waals surface area (Å²) in [4.78, 5) is 14.6. The predicted octanol–water partition coefficient (Wildman–Crippen LogP) is 3.54. The van der Waals surface area contributed by atoms with Crippen LogP contribution in [0, 0.1) is 18.3 Å². The molecule has 0 aliphatic heterocycles. The highest BCUT2D eigenvalue weighted by Gasteiger charge is 2.11. The third-order valence-electron chi connectivity index (χ3n) is 3.63. The molecule has 0 saturated carbocycles. The molecule has 0 fully saturated rings. The Morgan fingerprint density at radius 1 is 1.36 bits per heavy atom. The van der Waals surface area contributed by atoms with Crippen LogP contribution in [0.1, 0.15) is 37.1 Å². The van der Waals surface area contributed by atoms with E-state index in [4.69, 9.17) is 4.74 Å². The van der Waals surface area contributed by atoms with Crippen LogP contribution in [0.25, 0.3) is 11.1 Å². The molecule has 0 saturated heterocycles. The summed E-state index contributed by atoms with van der Waals surface area (Å²) in [5, 5.41) is 9.23. The molecule has 0 spiro atoms. The second kappa shape index (κ2) is 7.06. The van der Waals surface area contributed by atoms with E-state index in [1.165, 1.54) is 0 Å². The summed E-state index contributed by atoms with van der Waals surface area (Å²) in [5.41, 5.74) is 3.08. The summed E-state index contributed by atoms with van der Waals surface area (Å²) in [7, 11) is 0. The minimum atomic E-state index is -0.348. The Morgan fingerprint density at radius 2 is 2.14 bits per heavy atom. The largest absolute Gasteiger partial charge is 0.374 e. The zero-order chi connectivity index (χ0) is 16.1. The van der Waals surface area contributed by atoms with Crippen molar-refractivity contribution in [3.05, 3.63) is 57.5 Å². The number of hydrogen-bond acceptors (Lipinski definition) is 3. The van der Waals surface area contributed by atoms with Gasteiger partial charge in [-0.3, -0.25) is 4.79 Å². The SMILES string of the molecule is CCC(C)OCc1cccc(-c2cc(C)[nH]c(=O)c2C#N)c1. The van der Waals surface area contributed by atoms with E-state index in [0.717, 1.165) is 23.2 Å². The Kier molecular flexibility index (Phi) is 5.13. The normalized spacial score (nSPS) is 11.9. The molecule has 2 rings (SSSR count). The van der Waals surface area contributed by atoms with Gasteiger partial charge in [0, 0.05) is 11.3 Å². The van der Waals surface area contributed by atoms with Crippen LogP contribution in [0.2, 0.25) is 0 Å². The molecule has 0 aliphatic rings. The second-order valence-electron chi connectivity index (χ2n) is 5.41. The van der Waals surface area contributed by atoms with Crippen LogP contribution in [-0.2, 0) is 11.3 Å². The van der Waals surface area contributed by atoms with Gasteiger partial charge in [-0.2, -0.15) is 5.26 Å². The van der Waals surface area contributed by atoms with Gasteiger partial charge in [0.1, 0.15) is 11.6 Å². The van der Waals surface area contributed by atoms with Crippen LogP contribution < -0.4 is 5.56 Å². The summed E-state index contributed by atoms with van der Waals surface area (Å²) in [6.45, 7) is 6.45. The third-order valence-corrected chi connectivity index (χ3v) is 3.63. The maximum Gasteiger partial charge on any atom is 0.266 e. The van der Waals surface area contributed by atoms with Gasteiger partial charge in [0.2, 0.25) is 0 Å². The maximum atomic E-state index is 11.9.